The normalized spacial score (nSPS) is 20.4. The van der Waals surface area contributed by atoms with E-state index in [-0.39, 0.29) is 23.1 Å². The lowest BCUT2D eigenvalue weighted by molar-refractivity contribution is -0.124. The third kappa shape index (κ3) is 9.46. The summed E-state index contributed by atoms with van der Waals surface area (Å²) in [5, 5.41) is 5.96. The zero-order valence-corrected chi connectivity index (χ0v) is 15.8. The first-order valence-electron chi connectivity index (χ1n) is 8.82. The first-order chi connectivity index (χ1) is 11.1. The predicted octanol–water partition coefficient (Wildman–Crippen LogP) is 3.33. The van der Waals surface area contributed by atoms with Gasteiger partial charge in [-0.2, -0.15) is 11.8 Å². The van der Waals surface area contributed by atoms with Gasteiger partial charge in [-0.3, -0.25) is 9.59 Å². The number of nitrogens with one attached hydrogen (secondary N) is 2. The molecular weight excluding hydrogens is 332 g/mol. The lowest BCUT2D eigenvalue weighted by atomic mass is 10.1. The highest BCUT2D eigenvalue weighted by Crippen LogP contribution is 2.30. The molecule has 0 aromatic rings. The Morgan fingerprint density at radius 1 is 1.04 bits per heavy atom. The lowest BCUT2D eigenvalue weighted by Crippen LogP contribution is -2.33. The number of thioether (sulfide) groups is 1. The van der Waals surface area contributed by atoms with E-state index in [1.54, 1.807) is 0 Å². The summed E-state index contributed by atoms with van der Waals surface area (Å²) in [6.45, 7) is 1.45. The zero-order valence-electron chi connectivity index (χ0n) is 14.2. The van der Waals surface area contributed by atoms with Crippen molar-refractivity contribution in [2.75, 3.05) is 25.1 Å². The van der Waals surface area contributed by atoms with Crippen molar-refractivity contribution < 1.29 is 9.59 Å². The quantitative estimate of drug-likeness (QED) is 0.413. The number of hydrogen-bond donors (Lipinski definition) is 2. The zero-order chi connectivity index (χ0) is 16.9. The summed E-state index contributed by atoms with van der Waals surface area (Å²) in [5.41, 5.74) is 0. The van der Waals surface area contributed by atoms with E-state index in [1.165, 1.54) is 0 Å². The molecule has 2 atom stereocenters. The van der Waals surface area contributed by atoms with E-state index < -0.39 is 0 Å². The Hall–Kier alpha value is -0.420. The van der Waals surface area contributed by atoms with E-state index in [0.717, 1.165) is 63.7 Å². The summed E-state index contributed by atoms with van der Waals surface area (Å²) < 4.78 is 0. The molecule has 1 aliphatic rings. The molecule has 1 fully saturated rings. The van der Waals surface area contributed by atoms with Crippen molar-refractivity contribution in [2.24, 2.45) is 5.92 Å². The second-order valence-electron chi connectivity index (χ2n) is 6.20. The van der Waals surface area contributed by atoms with E-state index in [0.29, 0.717) is 13.0 Å². The van der Waals surface area contributed by atoms with E-state index >= 15 is 0 Å². The number of alkyl halides is 1. The lowest BCUT2D eigenvalue weighted by Gasteiger charge is -2.13. The third-order valence-electron chi connectivity index (χ3n) is 4.25. The molecule has 23 heavy (non-hydrogen) atoms. The van der Waals surface area contributed by atoms with E-state index in [2.05, 4.69) is 16.9 Å². The van der Waals surface area contributed by atoms with Gasteiger partial charge in [-0.25, -0.2) is 0 Å². The van der Waals surface area contributed by atoms with Crippen LogP contribution >= 0.6 is 23.4 Å². The van der Waals surface area contributed by atoms with Crippen molar-refractivity contribution in [1.29, 1.82) is 0 Å². The molecule has 0 bridgehead atoms. The second kappa shape index (κ2) is 12.9. The highest BCUT2D eigenvalue weighted by Gasteiger charge is 2.30. The Kier molecular flexibility index (Phi) is 11.6. The summed E-state index contributed by atoms with van der Waals surface area (Å²) >= 11 is 7.96. The number of halogens is 1. The maximum Gasteiger partial charge on any atom is 0.224 e. The maximum atomic E-state index is 11.9. The molecule has 6 heteroatoms. The van der Waals surface area contributed by atoms with Crippen LogP contribution in [0.1, 0.15) is 57.8 Å². The van der Waals surface area contributed by atoms with Crippen LogP contribution in [0.3, 0.4) is 0 Å². The monoisotopic (exact) mass is 362 g/mol. The third-order valence-corrected chi connectivity index (χ3v) is 5.46. The van der Waals surface area contributed by atoms with Crippen LogP contribution in [0.5, 0.6) is 0 Å². The van der Waals surface area contributed by atoms with Crippen LogP contribution in [0.2, 0.25) is 0 Å². The average Bonchev–Trinajstić information content (AvgIpc) is 2.96. The Bertz CT molecular complexity index is 355. The van der Waals surface area contributed by atoms with E-state index in [9.17, 15) is 9.59 Å². The van der Waals surface area contributed by atoms with Crippen molar-refractivity contribution >= 4 is 35.2 Å². The van der Waals surface area contributed by atoms with Crippen molar-refractivity contribution in [1.82, 2.24) is 10.6 Å². The van der Waals surface area contributed by atoms with Gasteiger partial charge < -0.3 is 10.6 Å². The number of rotatable bonds is 12. The standard InChI is InChI=1S/C17H31ClN2O2S/c1-23-13-6-3-10-16(21)19-11-4-2-5-12-20-17(22)14-8-7-9-15(14)18/h14-15H,2-13H2,1H3,(H,19,21)(H,20,22). The Morgan fingerprint density at radius 3 is 2.43 bits per heavy atom. The molecular formula is C17H31ClN2O2S. The molecule has 1 aliphatic carbocycles. The van der Waals surface area contributed by atoms with Crippen LogP contribution in [-0.4, -0.2) is 42.3 Å². The molecule has 0 heterocycles. The minimum absolute atomic E-state index is 0.00191. The van der Waals surface area contributed by atoms with Gasteiger partial charge in [0.2, 0.25) is 11.8 Å². The van der Waals surface area contributed by atoms with Crippen molar-refractivity contribution in [2.45, 2.75) is 63.2 Å². The van der Waals surface area contributed by atoms with Gasteiger partial charge in [-0.15, -0.1) is 11.6 Å². The number of amides is 2. The molecule has 0 aromatic carbocycles. The molecule has 2 unspecified atom stereocenters. The van der Waals surface area contributed by atoms with Crippen LogP contribution in [0.15, 0.2) is 0 Å². The maximum absolute atomic E-state index is 11.9. The van der Waals surface area contributed by atoms with Crippen LogP contribution in [-0.2, 0) is 9.59 Å². The first kappa shape index (κ1) is 20.6. The van der Waals surface area contributed by atoms with Crippen LogP contribution in [0.25, 0.3) is 0 Å². The summed E-state index contributed by atoms with van der Waals surface area (Å²) in [6, 6.07) is 0. The van der Waals surface area contributed by atoms with Crippen LogP contribution < -0.4 is 10.6 Å². The molecule has 1 rings (SSSR count). The molecule has 2 N–H and O–H groups in total. The van der Waals surface area contributed by atoms with Gasteiger partial charge in [-0.05, 0) is 57.0 Å². The number of carbonyl (C=O) groups is 2. The SMILES string of the molecule is CSCCCCC(=O)NCCCCCNC(=O)C1CCCC1Cl. The summed E-state index contributed by atoms with van der Waals surface area (Å²) in [5.74, 6) is 1.40. The van der Waals surface area contributed by atoms with Gasteiger partial charge in [0.1, 0.15) is 0 Å². The topological polar surface area (TPSA) is 58.2 Å². The number of unbranched alkanes of at least 4 members (excludes halogenated alkanes) is 3. The van der Waals surface area contributed by atoms with Crippen molar-refractivity contribution in [3.05, 3.63) is 0 Å². The molecule has 0 spiro atoms. The number of hydrogen-bond acceptors (Lipinski definition) is 3. The minimum Gasteiger partial charge on any atom is -0.356 e. The fourth-order valence-corrected chi connectivity index (χ4v) is 3.72. The number of carbonyl (C=O) groups excluding carboxylic acids is 2. The van der Waals surface area contributed by atoms with E-state index in [4.69, 9.17) is 11.6 Å². The van der Waals surface area contributed by atoms with Crippen LogP contribution in [0.4, 0.5) is 0 Å². The van der Waals surface area contributed by atoms with Crippen molar-refractivity contribution in [3.8, 4) is 0 Å². The largest absolute Gasteiger partial charge is 0.356 e. The van der Waals surface area contributed by atoms with Gasteiger partial charge in [0.25, 0.3) is 0 Å². The van der Waals surface area contributed by atoms with Gasteiger partial charge in [0.05, 0.1) is 5.92 Å². The molecule has 1 saturated carbocycles. The summed E-state index contributed by atoms with van der Waals surface area (Å²) in [6.07, 6.45) is 10.7. The fourth-order valence-electron chi connectivity index (χ4n) is 2.83. The Labute approximate surface area is 149 Å². The van der Waals surface area contributed by atoms with Gasteiger partial charge in [-0.1, -0.05) is 6.42 Å². The molecule has 0 saturated heterocycles. The van der Waals surface area contributed by atoms with Gasteiger partial charge in [0, 0.05) is 24.9 Å². The highest BCUT2D eigenvalue weighted by molar-refractivity contribution is 7.98. The Morgan fingerprint density at radius 2 is 1.78 bits per heavy atom. The van der Waals surface area contributed by atoms with E-state index in [1.807, 2.05) is 11.8 Å². The molecule has 0 aliphatic heterocycles. The molecule has 0 aromatic heterocycles. The molecule has 0 radical (unpaired) electrons. The molecule has 4 nitrogen and oxygen atoms in total. The minimum atomic E-state index is 0.00191. The smallest absolute Gasteiger partial charge is 0.224 e. The Balaban J connectivity index is 1.89. The first-order valence-corrected chi connectivity index (χ1v) is 10.7. The molecule has 2 amide bonds. The summed E-state index contributed by atoms with van der Waals surface area (Å²) in [4.78, 5) is 23.5. The highest BCUT2D eigenvalue weighted by atomic mass is 35.5. The van der Waals surface area contributed by atoms with Gasteiger partial charge in [0.15, 0.2) is 0 Å². The summed E-state index contributed by atoms with van der Waals surface area (Å²) in [7, 11) is 0. The average molecular weight is 363 g/mol. The predicted molar refractivity (Wildman–Crippen MR) is 99.1 cm³/mol. The fraction of sp³-hybridized carbons (Fsp3) is 0.882. The molecule has 134 valence electrons. The van der Waals surface area contributed by atoms with Crippen molar-refractivity contribution in [3.63, 3.8) is 0 Å². The van der Waals surface area contributed by atoms with Gasteiger partial charge >= 0.3 is 0 Å². The second-order valence-corrected chi connectivity index (χ2v) is 7.75. The van der Waals surface area contributed by atoms with Crippen LogP contribution in [0, 0.1) is 5.92 Å².